The van der Waals surface area contributed by atoms with Crippen molar-refractivity contribution in [3.05, 3.63) is 120 Å². The smallest absolute Gasteiger partial charge is 0.287 e. The number of rotatable bonds is 12. The molecular weight excluding hydrogens is 618 g/mol. The van der Waals surface area contributed by atoms with Crippen molar-refractivity contribution in [1.82, 2.24) is 20.4 Å². The second-order valence-corrected chi connectivity index (χ2v) is 12.3. The van der Waals surface area contributed by atoms with Gasteiger partial charge in [0.2, 0.25) is 5.91 Å². The highest BCUT2D eigenvalue weighted by Crippen LogP contribution is 2.27. The molecule has 1 fully saturated rings. The van der Waals surface area contributed by atoms with Gasteiger partial charge in [-0.25, -0.2) is 0 Å². The van der Waals surface area contributed by atoms with Crippen LogP contribution in [-0.4, -0.2) is 80.9 Å². The quantitative estimate of drug-likeness (QED) is 0.150. The Morgan fingerprint density at radius 1 is 0.857 bits per heavy atom. The van der Waals surface area contributed by atoms with Gasteiger partial charge in [0.05, 0.1) is 6.61 Å². The van der Waals surface area contributed by atoms with Gasteiger partial charge in [-0.1, -0.05) is 54.6 Å². The highest BCUT2D eigenvalue weighted by molar-refractivity contribution is 6.06. The second kappa shape index (κ2) is 15.6. The normalized spacial score (nSPS) is 13.7. The van der Waals surface area contributed by atoms with E-state index in [-0.39, 0.29) is 17.6 Å². The summed E-state index contributed by atoms with van der Waals surface area (Å²) in [6.07, 6.45) is 0.893. The van der Waals surface area contributed by atoms with Gasteiger partial charge < -0.3 is 34.9 Å². The molecule has 4 aromatic carbocycles. The number of fused-ring (bicyclic) bond motifs is 1. The lowest BCUT2D eigenvalue weighted by molar-refractivity contribution is -0.134. The first-order chi connectivity index (χ1) is 23.8. The van der Waals surface area contributed by atoms with Crippen LogP contribution < -0.4 is 20.7 Å². The Morgan fingerprint density at radius 3 is 2.41 bits per heavy atom. The van der Waals surface area contributed by atoms with Gasteiger partial charge in [0.25, 0.3) is 11.8 Å². The third-order valence-electron chi connectivity index (χ3n) is 8.43. The van der Waals surface area contributed by atoms with Crippen LogP contribution in [0.15, 0.2) is 108 Å². The average Bonchev–Trinajstić information content (AvgIpc) is 3.63. The van der Waals surface area contributed by atoms with Gasteiger partial charge in [-0.3, -0.25) is 14.4 Å². The first-order valence-corrected chi connectivity index (χ1v) is 16.5. The molecule has 10 nitrogen and oxygen atoms in total. The number of nitrogens with one attached hydrogen (secondary N) is 3. The zero-order valence-corrected chi connectivity index (χ0v) is 27.8. The predicted molar refractivity (Wildman–Crippen MR) is 191 cm³/mol. The lowest BCUT2D eigenvalue weighted by Crippen LogP contribution is -2.50. The van der Waals surface area contributed by atoms with Crippen LogP contribution in [0.5, 0.6) is 5.75 Å². The summed E-state index contributed by atoms with van der Waals surface area (Å²) in [6, 6.07) is 30.4. The van der Waals surface area contributed by atoms with E-state index in [1.54, 1.807) is 35.2 Å². The Bertz CT molecular complexity index is 1910. The highest BCUT2D eigenvalue weighted by Gasteiger charge is 2.29. The molecule has 252 valence electrons. The molecule has 49 heavy (non-hydrogen) atoms. The maximum Gasteiger partial charge on any atom is 0.287 e. The average molecular weight is 660 g/mol. The number of ether oxygens (including phenoxy) is 1. The van der Waals surface area contributed by atoms with Gasteiger partial charge in [0, 0.05) is 49.5 Å². The zero-order chi connectivity index (χ0) is 34.2. The molecule has 1 unspecified atom stereocenters. The summed E-state index contributed by atoms with van der Waals surface area (Å²) in [5.74, 6) is 0.299. The first-order valence-electron chi connectivity index (χ1n) is 16.5. The van der Waals surface area contributed by atoms with Gasteiger partial charge in [0.1, 0.15) is 17.6 Å². The van der Waals surface area contributed by atoms with Crippen molar-refractivity contribution < 1.29 is 23.5 Å². The van der Waals surface area contributed by atoms with E-state index in [0.29, 0.717) is 66.7 Å². The minimum Gasteiger partial charge on any atom is -0.494 e. The fraction of sp³-hybridized carbons (Fsp3) is 0.256. The Labute approximate surface area is 286 Å². The van der Waals surface area contributed by atoms with Crippen LogP contribution >= 0.6 is 0 Å². The summed E-state index contributed by atoms with van der Waals surface area (Å²) in [6.45, 7) is 3.99. The van der Waals surface area contributed by atoms with Gasteiger partial charge in [-0.05, 0) is 85.4 Å². The van der Waals surface area contributed by atoms with Crippen molar-refractivity contribution >= 4 is 34.2 Å². The number of nitrogens with zero attached hydrogens (tertiary/aromatic N) is 2. The molecule has 0 spiro atoms. The third-order valence-corrected chi connectivity index (χ3v) is 8.43. The molecule has 0 aliphatic carbocycles. The zero-order valence-electron chi connectivity index (χ0n) is 27.8. The Kier molecular flexibility index (Phi) is 10.7. The van der Waals surface area contributed by atoms with Crippen LogP contribution in [-0.2, 0) is 4.79 Å². The highest BCUT2D eigenvalue weighted by atomic mass is 16.5. The van der Waals surface area contributed by atoms with Crippen LogP contribution in [0.3, 0.4) is 0 Å². The Morgan fingerprint density at radius 2 is 1.63 bits per heavy atom. The lowest BCUT2D eigenvalue weighted by Gasteiger charge is -2.31. The number of amides is 3. The number of hydrogen-bond acceptors (Lipinski definition) is 7. The number of carbonyl (C=O) groups excluding carboxylic acids is 3. The van der Waals surface area contributed by atoms with E-state index in [4.69, 9.17) is 9.15 Å². The molecule has 3 amide bonds. The monoisotopic (exact) mass is 659 g/mol. The minimum atomic E-state index is -0.907. The van der Waals surface area contributed by atoms with E-state index in [0.717, 1.165) is 23.7 Å². The van der Waals surface area contributed by atoms with Gasteiger partial charge in [-0.2, -0.15) is 0 Å². The van der Waals surface area contributed by atoms with Crippen molar-refractivity contribution in [2.24, 2.45) is 0 Å². The fourth-order valence-electron chi connectivity index (χ4n) is 5.78. The van der Waals surface area contributed by atoms with Crippen LogP contribution in [0.1, 0.15) is 38.9 Å². The molecule has 0 saturated carbocycles. The number of furan rings is 1. The largest absolute Gasteiger partial charge is 0.494 e. The van der Waals surface area contributed by atoms with Crippen LogP contribution in [0, 0.1) is 0 Å². The summed E-state index contributed by atoms with van der Waals surface area (Å²) in [5.41, 5.74) is 2.47. The van der Waals surface area contributed by atoms with E-state index >= 15 is 0 Å². The maximum absolute atomic E-state index is 13.7. The lowest BCUT2D eigenvalue weighted by atomic mass is 10.0. The SMILES string of the molecule is CN(C)CCCOc1ccc(C(NC(=O)c2ccc(-c3cccc(NC(=O)c4ccc5ccccc5c4)c3)o2)C(=O)N2CCNCC2)cc1. The molecule has 6 rings (SSSR count). The van der Waals surface area contributed by atoms with Crippen molar-refractivity contribution in [3.8, 4) is 17.1 Å². The molecule has 0 radical (unpaired) electrons. The van der Waals surface area contributed by atoms with E-state index in [2.05, 4.69) is 20.9 Å². The topological polar surface area (TPSA) is 116 Å². The fourth-order valence-corrected chi connectivity index (χ4v) is 5.78. The Balaban J connectivity index is 1.14. The van der Waals surface area contributed by atoms with E-state index in [1.165, 1.54) is 0 Å². The summed E-state index contributed by atoms with van der Waals surface area (Å²) in [7, 11) is 4.05. The van der Waals surface area contributed by atoms with Gasteiger partial charge in [-0.15, -0.1) is 0 Å². The van der Waals surface area contributed by atoms with E-state index in [1.807, 2.05) is 86.9 Å². The maximum atomic E-state index is 13.7. The molecule has 0 bridgehead atoms. The molecule has 1 aromatic heterocycles. The van der Waals surface area contributed by atoms with Crippen LogP contribution in [0.4, 0.5) is 5.69 Å². The van der Waals surface area contributed by atoms with E-state index < -0.39 is 11.9 Å². The van der Waals surface area contributed by atoms with Crippen LogP contribution in [0.25, 0.3) is 22.1 Å². The second-order valence-electron chi connectivity index (χ2n) is 12.3. The van der Waals surface area contributed by atoms with Crippen molar-refractivity contribution in [2.45, 2.75) is 12.5 Å². The number of benzene rings is 4. The predicted octanol–water partition coefficient (Wildman–Crippen LogP) is 5.59. The third kappa shape index (κ3) is 8.53. The van der Waals surface area contributed by atoms with Crippen molar-refractivity contribution in [3.63, 3.8) is 0 Å². The Hall–Kier alpha value is -5.45. The summed E-state index contributed by atoms with van der Waals surface area (Å²) < 4.78 is 11.9. The number of hydrogen-bond donors (Lipinski definition) is 3. The van der Waals surface area contributed by atoms with Gasteiger partial charge in [0.15, 0.2) is 5.76 Å². The summed E-state index contributed by atoms with van der Waals surface area (Å²) in [4.78, 5) is 44.2. The standard InChI is InChI=1S/C39H41N5O5/c1-43(2)21-6-24-48-33-15-13-28(14-16-33)36(39(47)44-22-19-40-20-23-44)42-38(46)35-18-17-34(49-35)30-9-5-10-32(26-30)41-37(45)31-12-11-27-7-3-4-8-29(27)25-31/h3-5,7-18,25-26,36,40H,6,19-24H2,1-2H3,(H,41,45)(H,42,46). The van der Waals surface area contributed by atoms with Crippen molar-refractivity contribution in [1.29, 1.82) is 0 Å². The van der Waals surface area contributed by atoms with Crippen molar-refractivity contribution in [2.75, 3.05) is 58.7 Å². The number of anilines is 1. The van der Waals surface area contributed by atoms with E-state index in [9.17, 15) is 14.4 Å². The summed E-state index contributed by atoms with van der Waals surface area (Å²) >= 11 is 0. The van der Waals surface area contributed by atoms with Gasteiger partial charge >= 0.3 is 0 Å². The molecule has 10 heteroatoms. The molecule has 1 saturated heterocycles. The molecule has 1 aliphatic rings. The first kappa shape index (κ1) is 33.5. The number of carbonyl (C=O) groups is 3. The molecular formula is C39H41N5O5. The summed E-state index contributed by atoms with van der Waals surface area (Å²) in [5, 5.41) is 11.2. The molecule has 2 heterocycles. The number of piperazine rings is 1. The minimum absolute atomic E-state index is 0.0690. The molecule has 1 atom stereocenters. The molecule has 3 N–H and O–H groups in total. The van der Waals surface area contributed by atoms with Crippen LogP contribution in [0.2, 0.25) is 0 Å². The molecule has 5 aromatic rings. The molecule has 1 aliphatic heterocycles.